The summed E-state index contributed by atoms with van der Waals surface area (Å²) in [5.41, 5.74) is 8.85. The first-order valence-corrected chi connectivity index (χ1v) is 6.04. The number of aromatic amines is 1. The smallest absolute Gasteiger partial charge is 0.345 e. The number of nitrogens with zero attached hydrogens (tertiary/aromatic N) is 1. The normalized spacial score (nSPS) is 10.9. The molecule has 6 nitrogen and oxygen atoms in total. The summed E-state index contributed by atoms with van der Waals surface area (Å²) >= 11 is 0. The highest BCUT2D eigenvalue weighted by Gasteiger charge is 2.26. The number of carbonyl (C=O) groups excluding carboxylic acids is 1. The molecule has 0 unspecified atom stereocenters. The van der Waals surface area contributed by atoms with Crippen molar-refractivity contribution in [2.45, 2.75) is 6.92 Å². The zero-order valence-corrected chi connectivity index (χ0v) is 11.1. The number of aryl methyl sites for hydroxylation is 1. The van der Waals surface area contributed by atoms with Crippen LogP contribution >= 0.6 is 0 Å². The Labute approximate surface area is 114 Å². The van der Waals surface area contributed by atoms with Gasteiger partial charge in [0.1, 0.15) is 5.69 Å². The second-order valence-electron chi connectivity index (χ2n) is 4.43. The van der Waals surface area contributed by atoms with E-state index in [-0.39, 0.29) is 11.4 Å². The van der Waals surface area contributed by atoms with Crippen molar-refractivity contribution in [1.29, 1.82) is 0 Å². The molecule has 1 aromatic carbocycles. The van der Waals surface area contributed by atoms with E-state index in [2.05, 4.69) is 10.1 Å². The fourth-order valence-electron chi connectivity index (χ4n) is 2.35. The highest BCUT2D eigenvalue weighted by molar-refractivity contribution is 6.05. The van der Waals surface area contributed by atoms with Gasteiger partial charge in [-0.1, -0.05) is 23.4 Å². The SMILES string of the molecule is COC(=O)c1c(-c2c(C)[nH]c3ccccc23)noc1N. The van der Waals surface area contributed by atoms with Gasteiger partial charge in [-0.25, -0.2) is 4.79 Å². The maximum absolute atomic E-state index is 11.8. The second-order valence-corrected chi connectivity index (χ2v) is 4.43. The molecule has 0 amide bonds. The number of ether oxygens (including phenoxy) is 1. The van der Waals surface area contributed by atoms with Gasteiger partial charge in [0.15, 0.2) is 5.56 Å². The molecule has 0 bridgehead atoms. The maximum atomic E-state index is 11.8. The summed E-state index contributed by atoms with van der Waals surface area (Å²) in [6.07, 6.45) is 0. The molecule has 6 heteroatoms. The summed E-state index contributed by atoms with van der Waals surface area (Å²) in [5, 5.41) is 4.86. The molecule has 2 aromatic heterocycles. The van der Waals surface area contributed by atoms with Gasteiger partial charge in [0.2, 0.25) is 5.88 Å². The zero-order valence-electron chi connectivity index (χ0n) is 11.1. The number of anilines is 1. The fraction of sp³-hybridized carbons (Fsp3) is 0.143. The molecule has 2 heterocycles. The summed E-state index contributed by atoms with van der Waals surface area (Å²) in [7, 11) is 1.29. The Morgan fingerprint density at radius 3 is 2.90 bits per heavy atom. The number of nitrogen functional groups attached to an aromatic ring is 1. The number of hydrogen-bond donors (Lipinski definition) is 2. The molecule has 0 saturated carbocycles. The molecule has 0 spiro atoms. The lowest BCUT2D eigenvalue weighted by Crippen LogP contribution is -2.05. The molecule has 20 heavy (non-hydrogen) atoms. The molecule has 3 N–H and O–H groups in total. The summed E-state index contributed by atoms with van der Waals surface area (Å²) in [6, 6.07) is 7.74. The van der Waals surface area contributed by atoms with E-state index in [0.717, 1.165) is 22.2 Å². The molecule has 0 aliphatic heterocycles. The predicted octanol–water partition coefficient (Wildman–Crippen LogP) is 2.50. The van der Waals surface area contributed by atoms with Gasteiger partial charge in [-0.05, 0) is 13.0 Å². The van der Waals surface area contributed by atoms with E-state index in [1.54, 1.807) is 0 Å². The van der Waals surface area contributed by atoms with Gasteiger partial charge >= 0.3 is 5.97 Å². The van der Waals surface area contributed by atoms with Gasteiger partial charge < -0.3 is 20.0 Å². The van der Waals surface area contributed by atoms with E-state index < -0.39 is 5.97 Å². The van der Waals surface area contributed by atoms with Crippen molar-refractivity contribution in [3.8, 4) is 11.3 Å². The number of nitrogens with two attached hydrogens (primary N) is 1. The van der Waals surface area contributed by atoms with E-state index >= 15 is 0 Å². The number of carbonyl (C=O) groups is 1. The molecule has 0 aliphatic carbocycles. The average molecular weight is 271 g/mol. The van der Waals surface area contributed by atoms with Gasteiger partial charge in [-0.3, -0.25) is 0 Å². The van der Waals surface area contributed by atoms with Crippen LogP contribution in [0.4, 0.5) is 5.88 Å². The molecule has 0 atom stereocenters. The maximum Gasteiger partial charge on any atom is 0.345 e. The van der Waals surface area contributed by atoms with Gasteiger partial charge in [-0.2, -0.15) is 0 Å². The number of aromatic nitrogens is 2. The second kappa shape index (κ2) is 4.41. The Kier molecular flexibility index (Phi) is 2.71. The number of nitrogens with one attached hydrogen (secondary N) is 1. The quantitative estimate of drug-likeness (QED) is 0.698. The lowest BCUT2D eigenvalue weighted by molar-refractivity contribution is 0.0602. The van der Waals surface area contributed by atoms with Crippen LogP contribution in [0.3, 0.4) is 0 Å². The highest BCUT2D eigenvalue weighted by atomic mass is 16.5. The third-order valence-corrected chi connectivity index (χ3v) is 3.24. The zero-order chi connectivity index (χ0) is 14.3. The summed E-state index contributed by atoms with van der Waals surface area (Å²) in [5.74, 6) is -0.611. The lowest BCUT2D eigenvalue weighted by Gasteiger charge is -2.01. The first-order chi connectivity index (χ1) is 9.63. The summed E-state index contributed by atoms with van der Waals surface area (Å²) in [4.78, 5) is 15.1. The van der Waals surface area contributed by atoms with Crippen LogP contribution in [-0.2, 0) is 4.74 Å². The predicted molar refractivity (Wildman–Crippen MR) is 74.3 cm³/mol. The van der Waals surface area contributed by atoms with Gasteiger partial charge in [0.05, 0.1) is 7.11 Å². The average Bonchev–Trinajstić information content (AvgIpc) is 2.97. The van der Waals surface area contributed by atoms with Crippen LogP contribution in [0.25, 0.3) is 22.2 Å². The first-order valence-electron chi connectivity index (χ1n) is 6.04. The standard InChI is InChI=1S/C14H13N3O3/c1-7-10(8-5-3-4-6-9(8)16-7)12-11(14(18)19-2)13(15)20-17-12/h3-6,16H,15H2,1-2H3. The number of para-hydroxylation sites is 1. The van der Waals surface area contributed by atoms with Crippen LogP contribution in [0.5, 0.6) is 0 Å². The van der Waals surface area contributed by atoms with Crippen LogP contribution in [0, 0.1) is 6.92 Å². The number of H-pyrrole nitrogens is 1. The van der Waals surface area contributed by atoms with Crippen molar-refractivity contribution in [2.75, 3.05) is 12.8 Å². The molecule has 0 aliphatic rings. The molecule has 0 saturated heterocycles. The number of hydrogen-bond acceptors (Lipinski definition) is 5. The minimum Gasteiger partial charge on any atom is -0.465 e. The number of rotatable bonds is 2. The van der Waals surface area contributed by atoms with E-state index in [1.165, 1.54) is 7.11 Å². The molecule has 102 valence electrons. The minimum atomic E-state index is -0.566. The molecular formula is C14H13N3O3. The minimum absolute atomic E-state index is 0.0449. The fourth-order valence-corrected chi connectivity index (χ4v) is 2.35. The summed E-state index contributed by atoms with van der Waals surface area (Å²) < 4.78 is 9.70. The largest absolute Gasteiger partial charge is 0.465 e. The number of esters is 1. The molecule has 0 fully saturated rings. The Bertz CT molecular complexity index is 801. The van der Waals surface area contributed by atoms with Crippen molar-refractivity contribution >= 4 is 22.8 Å². The Morgan fingerprint density at radius 1 is 1.40 bits per heavy atom. The lowest BCUT2D eigenvalue weighted by atomic mass is 10.0. The van der Waals surface area contributed by atoms with Gasteiger partial charge in [0.25, 0.3) is 0 Å². The van der Waals surface area contributed by atoms with Crippen molar-refractivity contribution < 1.29 is 14.1 Å². The monoisotopic (exact) mass is 271 g/mol. The molecule has 0 radical (unpaired) electrons. The Balaban J connectivity index is 2.32. The number of fused-ring (bicyclic) bond motifs is 1. The van der Waals surface area contributed by atoms with Crippen LogP contribution in [0.2, 0.25) is 0 Å². The van der Waals surface area contributed by atoms with Crippen molar-refractivity contribution in [3.63, 3.8) is 0 Å². The van der Waals surface area contributed by atoms with Crippen molar-refractivity contribution in [1.82, 2.24) is 10.1 Å². The Morgan fingerprint density at radius 2 is 2.15 bits per heavy atom. The topological polar surface area (TPSA) is 94.1 Å². The number of benzene rings is 1. The van der Waals surface area contributed by atoms with Crippen LogP contribution < -0.4 is 5.73 Å². The van der Waals surface area contributed by atoms with E-state index in [4.69, 9.17) is 15.0 Å². The van der Waals surface area contributed by atoms with Gasteiger partial charge in [0, 0.05) is 22.2 Å². The van der Waals surface area contributed by atoms with Gasteiger partial charge in [-0.15, -0.1) is 0 Å². The van der Waals surface area contributed by atoms with E-state index in [9.17, 15) is 4.79 Å². The third kappa shape index (κ3) is 1.65. The van der Waals surface area contributed by atoms with E-state index in [1.807, 2.05) is 31.2 Å². The third-order valence-electron chi connectivity index (χ3n) is 3.24. The summed E-state index contributed by atoms with van der Waals surface area (Å²) in [6.45, 7) is 1.90. The van der Waals surface area contributed by atoms with Crippen LogP contribution in [0.15, 0.2) is 28.8 Å². The van der Waals surface area contributed by atoms with Crippen LogP contribution in [0.1, 0.15) is 16.1 Å². The van der Waals surface area contributed by atoms with E-state index in [0.29, 0.717) is 5.69 Å². The molecular weight excluding hydrogens is 258 g/mol. The molecule has 3 rings (SSSR count). The van der Waals surface area contributed by atoms with Crippen molar-refractivity contribution in [3.05, 3.63) is 35.5 Å². The van der Waals surface area contributed by atoms with Crippen LogP contribution in [-0.4, -0.2) is 23.2 Å². The van der Waals surface area contributed by atoms with Crippen molar-refractivity contribution in [2.24, 2.45) is 0 Å². The Hall–Kier alpha value is -2.76. The number of methoxy groups -OCH3 is 1. The highest BCUT2D eigenvalue weighted by Crippen LogP contribution is 2.35. The first kappa shape index (κ1) is 12.3. The molecule has 3 aromatic rings.